The van der Waals surface area contributed by atoms with Gasteiger partial charge in [0, 0.05) is 0 Å². The van der Waals surface area contributed by atoms with Crippen LogP contribution >= 0.6 is 11.8 Å². The quantitative estimate of drug-likeness (QED) is 0.611. The van der Waals surface area contributed by atoms with Gasteiger partial charge in [-0.2, -0.15) is 18.4 Å². The van der Waals surface area contributed by atoms with Crippen LogP contribution in [0, 0.1) is 18.3 Å². The maximum Gasteiger partial charge on any atom is 0.293 e. The number of thioether (sulfide) groups is 1. The maximum atomic E-state index is 12.3. The molecule has 8 nitrogen and oxygen atoms in total. The number of nitriles is 1. The van der Waals surface area contributed by atoms with Crippen molar-refractivity contribution in [2.45, 2.75) is 16.8 Å². The zero-order valence-corrected chi connectivity index (χ0v) is 13.9. The van der Waals surface area contributed by atoms with Crippen LogP contribution in [-0.2, 0) is 10.0 Å². The van der Waals surface area contributed by atoms with E-state index in [4.69, 9.17) is 11.0 Å². The minimum atomic E-state index is -4.04. The topological polar surface area (TPSA) is 131 Å². The van der Waals surface area contributed by atoms with E-state index in [-0.39, 0.29) is 21.4 Å². The largest absolute Gasteiger partial charge is 0.368 e. The van der Waals surface area contributed by atoms with E-state index >= 15 is 0 Å². The summed E-state index contributed by atoms with van der Waals surface area (Å²) >= 11 is 1.07. The summed E-state index contributed by atoms with van der Waals surface area (Å²) in [5, 5.41) is 9.20. The number of nitrogens with two attached hydrogens (primary N) is 1. The summed E-state index contributed by atoms with van der Waals surface area (Å²) < 4.78 is 25.2. The lowest BCUT2D eigenvalue weighted by Gasteiger charge is -2.13. The highest BCUT2D eigenvalue weighted by Gasteiger charge is 2.20. The molecule has 1 aromatic heterocycles. The molecule has 3 N–H and O–H groups in total. The van der Waals surface area contributed by atoms with E-state index in [1.807, 2.05) is 11.8 Å². The standard InChI is InChI=1S/C13H13N5O3S2/c1-8-3-5-9(6-4-8)23(20,21)17-18-12(19)10(7-14)11(22-2)16-13(18)15/h3-6,17H,1-2H3,(H2,15,16). The summed E-state index contributed by atoms with van der Waals surface area (Å²) in [7, 11) is -4.04. The number of anilines is 1. The van der Waals surface area contributed by atoms with Crippen molar-refractivity contribution in [3.05, 3.63) is 45.7 Å². The maximum absolute atomic E-state index is 12.3. The Bertz CT molecular complexity index is 943. The Morgan fingerprint density at radius 2 is 1.96 bits per heavy atom. The van der Waals surface area contributed by atoms with Crippen molar-refractivity contribution in [3.63, 3.8) is 0 Å². The molecule has 2 rings (SSSR count). The van der Waals surface area contributed by atoms with Gasteiger partial charge in [-0.05, 0) is 25.3 Å². The smallest absolute Gasteiger partial charge is 0.293 e. The number of nitrogens with zero attached hydrogens (tertiary/aromatic N) is 3. The molecule has 0 saturated heterocycles. The second kappa shape index (κ2) is 6.31. The van der Waals surface area contributed by atoms with Crippen molar-refractivity contribution < 1.29 is 8.42 Å². The number of hydrogen-bond acceptors (Lipinski definition) is 7. The SMILES string of the molecule is CSc1nc(N)n(NS(=O)(=O)c2ccc(C)cc2)c(=O)c1C#N. The Kier molecular flexibility index (Phi) is 4.63. The van der Waals surface area contributed by atoms with E-state index in [0.29, 0.717) is 4.68 Å². The molecule has 0 amide bonds. The third kappa shape index (κ3) is 3.30. The van der Waals surface area contributed by atoms with Crippen molar-refractivity contribution in [3.8, 4) is 6.07 Å². The van der Waals surface area contributed by atoms with Gasteiger partial charge in [0.1, 0.15) is 11.1 Å². The monoisotopic (exact) mass is 351 g/mol. The van der Waals surface area contributed by atoms with Gasteiger partial charge >= 0.3 is 0 Å². The first-order valence-corrected chi connectivity index (χ1v) is 8.97. The molecule has 120 valence electrons. The van der Waals surface area contributed by atoms with Gasteiger partial charge in [0.2, 0.25) is 5.95 Å². The van der Waals surface area contributed by atoms with Gasteiger partial charge < -0.3 is 5.73 Å². The van der Waals surface area contributed by atoms with Crippen LogP contribution in [0.15, 0.2) is 39.0 Å². The first-order valence-electron chi connectivity index (χ1n) is 6.26. The lowest BCUT2D eigenvalue weighted by Crippen LogP contribution is -2.37. The third-order valence-corrected chi connectivity index (χ3v) is 4.92. The Balaban J connectivity index is 2.54. The highest BCUT2D eigenvalue weighted by atomic mass is 32.2. The van der Waals surface area contributed by atoms with E-state index in [1.165, 1.54) is 12.1 Å². The van der Waals surface area contributed by atoms with Gasteiger partial charge in [-0.25, -0.2) is 9.82 Å². The predicted molar refractivity (Wildman–Crippen MR) is 87.1 cm³/mol. The summed E-state index contributed by atoms with van der Waals surface area (Å²) in [4.78, 5) is 18.1. The van der Waals surface area contributed by atoms with Gasteiger partial charge in [-0.15, -0.1) is 11.8 Å². The molecular weight excluding hydrogens is 338 g/mol. The van der Waals surface area contributed by atoms with Gasteiger partial charge in [-0.1, -0.05) is 17.7 Å². The number of sulfonamides is 1. The van der Waals surface area contributed by atoms with E-state index in [0.717, 1.165) is 17.3 Å². The highest BCUT2D eigenvalue weighted by Crippen LogP contribution is 2.16. The highest BCUT2D eigenvalue weighted by molar-refractivity contribution is 7.98. The van der Waals surface area contributed by atoms with Gasteiger partial charge in [0.25, 0.3) is 15.6 Å². The van der Waals surface area contributed by atoms with Gasteiger partial charge in [0.05, 0.1) is 4.90 Å². The molecule has 0 aliphatic carbocycles. The van der Waals surface area contributed by atoms with Crippen LogP contribution in [0.5, 0.6) is 0 Å². The molecule has 1 heterocycles. The van der Waals surface area contributed by atoms with E-state index in [9.17, 15) is 13.2 Å². The molecule has 0 atom stereocenters. The molecule has 10 heteroatoms. The van der Waals surface area contributed by atoms with Crippen LogP contribution in [-0.4, -0.2) is 24.3 Å². The molecule has 1 aromatic carbocycles. The predicted octanol–water partition coefficient (Wildman–Crippen LogP) is 0.660. The van der Waals surface area contributed by atoms with E-state index in [2.05, 4.69) is 4.98 Å². The molecule has 0 fully saturated rings. The van der Waals surface area contributed by atoms with Crippen LogP contribution in [0.1, 0.15) is 11.1 Å². The lowest BCUT2D eigenvalue weighted by atomic mass is 10.2. The van der Waals surface area contributed by atoms with E-state index in [1.54, 1.807) is 24.5 Å². The zero-order valence-electron chi connectivity index (χ0n) is 12.3. The summed E-state index contributed by atoms with van der Waals surface area (Å²) in [6.45, 7) is 1.82. The summed E-state index contributed by atoms with van der Waals surface area (Å²) in [6, 6.07) is 7.74. The Hall–Kier alpha value is -2.51. The first-order chi connectivity index (χ1) is 10.8. The van der Waals surface area contributed by atoms with Crippen LogP contribution < -0.4 is 16.1 Å². The lowest BCUT2D eigenvalue weighted by molar-refractivity contribution is 0.594. The molecule has 0 bridgehead atoms. The molecule has 0 spiro atoms. The number of benzene rings is 1. The average Bonchev–Trinajstić information content (AvgIpc) is 2.51. The number of aryl methyl sites for hydroxylation is 1. The van der Waals surface area contributed by atoms with Crippen LogP contribution in [0.2, 0.25) is 0 Å². The number of hydrogen-bond donors (Lipinski definition) is 2. The van der Waals surface area contributed by atoms with Crippen LogP contribution in [0.4, 0.5) is 5.95 Å². The molecule has 0 radical (unpaired) electrons. The van der Waals surface area contributed by atoms with Crippen molar-refractivity contribution in [1.82, 2.24) is 9.66 Å². The molecule has 0 saturated carbocycles. The molecule has 23 heavy (non-hydrogen) atoms. The fourth-order valence-electron chi connectivity index (χ4n) is 1.74. The summed E-state index contributed by atoms with van der Waals surface area (Å²) in [6.07, 6.45) is 1.63. The second-order valence-electron chi connectivity index (χ2n) is 4.51. The number of aromatic nitrogens is 2. The van der Waals surface area contributed by atoms with Crippen molar-refractivity contribution in [2.24, 2.45) is 0 Å². The Labute approximate surface area is 137 Å². The molecular formula is C13H13N5O3S2. The summed E-state index contributed by atoms with van der Waals surface area (Å²) in [5.74, 6) is -0.353. The fourth-order valence-corrected chi connectivity index (χ4v) is 3.28. The normalized spacial score (nSPS) is 11.0. The van der Waals surface area contributed by atoms with Gasteiger partial charge in [-0.3, -0.25) is 4.79 Å². The Morgan fingerprint density at radius 1 is 1.35 bits per heavy atom. The number of nitrogen functional groups attached to an aromatic ring is 1. The van der Waals surface area contributed by atoms with Crippen LogP contribution in [0.3, 0.4) is 0 Å². The molecule has 0 aliphatic rings. The van der Waals surface area contributed by atoms with Gasteiger partial charge in [0.15, 0.2) is 5.56 Å². The molecule has 2 aromatic rings. The zero-order chi connectivity index (χ0) is 17.2. The van der Waals surface area contributed by atoms with Crippen molar-refractivity contribution in [2.75, 3.05) is 16.8 Å². The number of rotatable bonds is 4. The minimum Gasteiger partial charge on any atom is -0.368 e. The third-order valence-electron chi connectivity index (χ3n) is 2.92. The summed E-state index contributed by atoms with van der Waals surface area (Å²) in [5.41, 5.74) is 5.37. The number of nitrogens with one attached hydrogen (secondary N) is 1. The van der Waals surface area contributed by atoms with Crippen molar-refractivity contribution >= 4 is 27.7 Å². The van der Waals surface area contributed by atoms with Crippen LogP contribution in [0.25, 0.3) is 0 Å². The van der Waals surface area contributed by atoms with Crippen molar-refractivity contribution in [1.29, 1.82) is 5.26 Å². The Morgan fingerprint density at radius 3 is 2.48 bits per heavy atom. The first kappa shape index (κ1) is 16.9. The second-order valence-corrected chi connectivity index (χ2v) is 6.97. The van der Waals surface area contributed by atoms with E-state index < -0.39 is 15.6 Å². The fraction of sp³-hybridized carbons (Fsp3) is 0.154. The average molecular weight is 351 g/mol. The molecule has 0 unspecified atom stereocenters. The molecule has 0 aliphatic heterocycles. The minimum absolute atomic E-state index is 0.0400.